The van der Waals surface area contributed by atoms with Gasteiger partial charge in [-0.25, -0.2) is 0 Å². The maximum absolute atomic E-state index is 12.5. The van der Waals surface area contributed by atoms with Crippen LogP contribution < -0.4 is 5.32 Å². The molecule has 2 saturated heterocycles. The summed E-state index contributed by atoms with van der Waals surface area (Å²) in [6.45, 7) is 5.76. The standard InChI is InChI=1S/C18H25ClN2O2/c1-14(17(22)20-16-4-2-3-15(19)13-16)21-9-5-18(6-10-21)7-11-23-12-8-18/h2-4,13-14H,5-12H2,1H3,(H,20,22). The van der Waals surface area contributed by atoms with Crippen molar-refractivity contribution in [2.45, 2.75) is 38.6 Å². The van der Waals surface area contributed by atoms with Gasteiger partial charge in [0.2, 0.25) is 5.91 Å². The normalized spacial score (nSPS) is 22.7. The van der Waals surface area contributed by atoms with Crippen LogP contribution in [0.15, 0.2) is 24.3 Å². The molecule has 0 aromatic heterocycles. The lowest BCUT2D eigenvalue weighted by Gasteiger charge is -2.45. The molecule has 1 atom stereocenters. The van der Waals surface area contributed by atoms with E-state index in [2.05, 4.69) is 10.2 Å². The summed E-state index contributed by atoms with van der Waals surface area (Å²) in [5.41, 5.74) is 1.21. The van der Waals surface area contributed by atoms with Crippen LogP contribution in [0.2, 0.25) is 5.02 Å². The monoisotopic (exact) mass is 336 g/mol. The Morgan fingerprint density at radius 2 is 1.96 bits per heavy atom. The van der Waals surface area contributed by atoms with Gasteiger partial charge in [-0.05, 0) is 69.3 Å². The number of likely N-dealkylation sites (tertiary alicyclic amines) is 1. The molecule has 5 heteroatoms. The van der Waals surface area contributed by atoms with Crippen molar-refractivity contribution in [2.24, 2.45) is 5.41 Å². The molecule has 1 amide bonds. The van der Waals surface area contributed by atoms with Gasteiger partial charge in [-0.15, -0.1) is 0 Å². The van der Waals surface area contributed by atoms with Crippen LogP contribution in [0, 0.1) is 5.41 Å². The predicted octanol–water partition coefficient (Wildman–Crippen LogP) is 3.56. The number of hydrogen-bond acceptors (Lipinski definition) is 3. The number of rotatable bonds is 3. The molecule has 0 aliphatic carbocycles. The van der Waals surface area contributed by atoms with Crippen LogP contribution in [0.25, 0.3) is 0 Å². The third-order valence-corrected chi connectivity index (χ3v) is 5.67. The average molecular weight is 337 g/mol. The topological polar surface area (TPSA) is 41.6 Å². The Balaban J connectivity index is 1.54. The van der Waals surface area contributed by atoms with Crippen molar-refractivity contribution in [2.75, 3.05) is 31.6 Å². The number of benzene rings is 1. The zero-order valence-electron chi connectivity index (χ0n) is 13.7. The number of carbonyl (C=O) groups excluding carboxylic acids is 1. The van der Waals surface area contributed by atoms with Gasteiger partial charge >= 0.3 is 0 Å². The van der Waals surface area contributed by atoms with E-state index in [0.717, 1.165) is 32.0 Å². The summed E-state index contributed by atoms with van der Waals surface area (Å²) in [7, 11) is 0. The van der Waals surface area contributed by atoms with Crippen LogP contribution in [0.1, 0.15) is 32.6 Å². The molecule has 0 bridgehead atoms. The molecule has 1 spiro atoms. The van der Waals surface area contributed by atoms with Crippen LogP contribution in [0.5, 0.6) is 0 Å². The van der Waals surface area contributed by atoms with Crippen molar-refractivity contribution in [1.82, 2.24) is 4.90 Å². The Kier molecular flexibility index (Phi) is 5.24. The summed E-state index contributed by atoms with van der Waals surface area (Å²) in [4.78, 5) is 14.8. The first-order valence-corrected chi connectivity index (χ1v) is 8.84. The van der Waals surface area contributed by atoms with Gasteiger partial charge in [0.15, 0.2) is 0 Å². The minimum absolute atomic E-state index is 0.0372. The van der Waals surface area contributed by atoms with Crippen molar-refractivity contribution >= 4 is 23.2 Å². The Hall–Kier alpha value is -1.10. The minimum atomic E-state index is -0.119. The molecule has 3 rings (SSSR count). The molecule has 2 heterocycles. The third-order valence-electron chi connectivity index (χ3n) is 5.43. The Morgan fingerprint density at radius 3 is 2.61 bits per heavy atom. The van der Waals surface area contributed by atoms with Crippen molar-refractivity contribution in [3.05, 3.63) is 29.3 Å². The Morgan fingerprint density at radius 1 is 1.26 bits per heavy atom. The Labute approximate surface area is 143 Å². The molecule has 0 radical (unpaired) electrons. The lowest BCUT2D eigenvalue weighted by molar-refractivity contribution is -0.122. The van der Waals surface area contributed by atoms with Gasteiger partial charge in [-0.1, -0.05) is 17.7 Å². The van der Waals surface area contributed by atoms with Gasteiger partial charge in [0, 0.05) is 23.9 Å². The number of nitrogens with zero attached hydrogens (tertiary/aromatic N) is 1. The fraction of sp³-hybridized carbons (Fsp3) is 0.611. The molecule has 2 fully saturated rings. The summed E-state index contributed by atoms with van der Waals surface area (Å²) in [6.07, 6.45) is 4.68. The van der Waals surface area contributed by atoms with E-state index < -0.39 is 0 Å². The number of hydrogen-bond donors (Lipinski definition) is 1. The van der Waals surface area contributed by atoms with Crippen LogP contribution >= 0.6 is 11.6 Å². The lowest BCUT2D eigenvalue weighted by atomic mass is 9.72. The molecule has 1 N–H and O–H groups in total. The van der Waals surface area contributed by atoms with E-state index >= 15 is 0 Å². The third kappa shape index (κ3) is 4.06. The summed E-state index contributed by atoms with van der Waals surface area (Å²) < 4.78 is 5.50. The van der Waals surface area contributed by atoms with E-state index in [4.69, 9.17) is 16.3 Å². The van der Waals surface area contributed by atoms with Gasteiger partial charge in [-0.3, -0.25) is 9.69 Å². The van der Waals surface area contributed by atoms with Crippen molar-refractivity contribution < 1.29 is 9.53 Å². The zero-order valence-corrected chi connectivity index (χ0v) is 14.4. The number of halogens is 1. The smallest absolute Gasteiger partial charge is 0.241 e. The van der Waals surface area contributed by atoms with Crippen molar-refractivity contribution in [3.63, 3.8) is 0 Å². The fourth-order valence-corrected chi connectivity index (χ4v) is 3.86. The first kappa shape index (κ1) is 16.7. The van der Waals surface area contributed by atoms with Crippen LogP contribution in [-0.4, -0.2) is 43.2 Å². The summed E-state index contributed by atoms with van der Waals surface area (Å²) >= 11 is 5.97. The number of ether oxygens (including phenoxy) is 1. The van der Waals surface area contributed by atoms with Crippen LogP contribution in [-0.2, 0) is 9.53 Å². The molecule has 4 nitrogen and oxygen atoms in total. The van der Waals surface area contributed by atoms with E-state index in [0.29, 0.717) is 10.4 Å². The number of amides is 1. The number of anilines is 1. The molecular formula is C18H25ClN2O2. The second-order valence-electron chi connectivity index (χ2n) is 6.82. The van der Waals surface area contributed by atoms with Gasteiger partial charge in [0.05, 0.1) is 6.04 Å². The summed E-state index contributed by atoms with van der Waals surface area (Å²) in [6, 6.07) is 7.17. The molecule has 1 aromatic carbocycles. The largest absolute Gasteiger partial charge is 0.381 e. The fourth-order valence-electron chi connectivity index (χ4n) is 3.67. The highest BCUT2D eigenvalue weighted by molar-refractivity contribution is 6.30. The molecule has 2 aliphatic heterocycles. The molecular weight excluding hydrogens is 312 g/mol. The van der Waals surface area contributed by atoms with Crippen LogP contribution in [0.3, 0.4) is 0 Å². The molecule has 2 aliphatic rings. The first-order chi connectivity index (χ1) is 11.1. The summed E-state index contributed by atoms with van der Waals surface area (Å²) in [5, 5.41) is 3.60. The highest BCUT2D eigenvalue weighted by Crippen LogP contribution is 2.40. The van der Waals surface area contributed by atoms with Crippen molar-refractivity contribution in [1.29, 1.82) is 0 Å². The SMILES string of the molecule is CC(C(=O)Nc1cccc(Cl)c1)N1CCC2(CCOCC2)CC1. The second-order valence-corrected chi connectivity index (χ2v) is 7.26. The molecule has 1 aromatic rings. The van der Waals surface area contributed by atoms with Crippen LogP contribution in [0.4, 0.5) is 5.69 Å². The number of carbonyl (C=O) groups is 1. The summed E-state index contributed by atoms with van der Waals surface area (Å²) in [5.74, 6) is 0.0372. The maximum atomic E-state index is 12.5. The van der Waals surface area contributed by atoms with Gasteiger partial charge in [-0.2, -0.15) is 0 Å². The van der Waals surface area contributed by atoms with E-state index in [1.165, 1.54) is 25.7 Å². The van der Waals surface area contributed by atoms with Gasteiger partial charge in [0.25, 0.3) is 0 Å². The highest BCUT2D eigenvalue weighted by Gasteiger charge is 2.37. The van der Waals surface area contributed by atoms with E-state index in [-0.39, 0.29) is 11.9 Å². The molecule has 0 saturated carbocycles. The second kappa shape index (κ2) is 7.20. The average Bonchev–Trinajstić information content (AvgIpc) is 2.56. The zero-order chi connectivity index (χ0) is 16.3. The van der Waals surface area contributed by atoms with E-state index in [1.807, 2.05) is 19.1 Å². The number of nitrogens with one attached hydrogen (secondary N) is 1. The maximum Gasteiger partial charge on any atom is 0.241 e. The van der Waals surface area contributed by atoms with E-state index in [1.54, 1.807) is 12.1 Å². The molecule has 23 heavy (non-hydrogen) atoms. The molecule has 126 valence electrons. The van der Waals surface area contributed by atoms with E-state index in [9.17, 15) is 4.79 Å². The first-order valence-electron chi connectivity index (χ1n) is 8.46. The van der Waals surface area contributed by atoms with Crippen molar-refractivity contribution in [3.8, 4) is 0 Å². The molecule has 1 unspecified atom stereocenters. The highest BCUT2D eigenvalue weighted by atomic mass is 35.5. The lowest BCUT2D eigenvalue weighted by Crippen LogP contribution is -2.49. The van der Waals surface area contributed by atoms with Gasteiger partial charge in [0.1, 0.15) is 0 Å². The minimum Gasteiger partial charge on any atom is -0.381 e. The predicted molar refractivity (Wildman–Crippen MR) is 92.8 cm³/mol. The quantitative estimate of drug-likeness (QED) is 0.917. The Bertz CT molecular complexity index is 548. The number of piperidine rings is 1. The van der Waals surface area contributed by atoms with Gasteiger partial charge < -0.3 is 10.1 Å².